The van der Waals surface area contributed by atoms with E-state index in [2.05, 4.69) is 5.32 Å². The van der Waals surface area contributed by atoms with E-state index in [9.17, 15) is 4.79 Å². The highest BCUT2D eigenvalue weighted by atomic mass is 35.5. The fourth-order valence-electron chi connectivity index (χ4n) is 2.91. The zero-order valence-corrected chi connectivity index (χ0v) is 16.0. The molecular formula is C19H23ClN2O2S. The van der Waals surface area contributed by atoms with Gasteiger partial charge >= 0.3 is 0 Å². The number of aryl methyl sites for hydroxylation is 3. The Morgan fingerprint density at radius 2 is 2.24 bits per heavy atom. The summed E-state index contributed by atoms with van der Waals surface area (Å²) < 4.78 is 5.62. The number of nitrogens with zero attached hydrogens (tertiary/aromatic N) is 1. The lowest BCUT2D eigenvalue weighted by Crippen LogP contribution is -2.36. The molecular weight excluding hydrogens is 356 g/mol. The first-order valence-electron chi connectivity index (χ1n) is 8.79. The molecule has 0 radical (unpaired) electrons. The smallest absolute Gasteiger partial charge is 0.260 e. The van der Waals surface area contributed by atoms with Gasteiger partial charge in [0, 0.05) is 22.9 Å². The molecule has 1 aliphatic rings. The topological polar surface area (TPSA) is 51.2 Å². The second kappa shape index (κ2) is 8.68. The third-order valence-electron chi connectivity index (χ3n) is 4.23. The largest absolute Gasteiger partial charge is 0.481 e. The Labute approximate surface area is 157 Å². The Morgan fingerprint density at radius 3 is 3.04 bits per heavy atom. The highest BCUT2D eigenvalue weighted by molar-refractivity contribution is 7.11. The van der Waals surface area contributed by atoms with Crippen molar-refractivity contribution in [2.45, 2.75) is 51.6 Å². The summed E-state index contributed by atoms with van der Waals surface area (Å²) in [5.74, 6) is 0.488. The van der Waals surface area contributed by atoms with Gasteiger partial charge in [0.1, 0.15) is 5.75 Å². The Hall–Kier alpha value is -1.59. The number of carbonyl (C=O) groups is 1. The molecule has 134 valence electrons. The molecule has 1 aromatic heterocycles. The van der Waals surface area contributed by atoms with Crippen molar-refractivity contribution in [2.24, 2.45) is 0 Å². The van der Waals surface area contributed by atoms with Crippen molar-refractivity contribution in [1.82, 2.24) is 10.3 Å². The molecule has 0 bridgehead atoms. The van der Waals surface area contributed by atoms with E-state index in [0.717, 1.165) is 19.3 Å². The molecule has 6 heteroatoms. The maximum atomic E-state index is 12.1. The molecule has 0 aliphatic heterocycles. The number of fused-ring (bicyclic) bond motifs is 1. The molecule has 4 nitrogen and oxygen atoms in total. The number of benzene rings is 1. The number of hydrogen-bond donors (Lipinski definition) is 1. The first-order valence-corrected chi connectivity index (χ1v) is 9.98. The summed E-state index contributed by atoms with van der Waals surface area (Å²) in [5.41, 5.74) is 1.30. The second-order valence-corrected chi connectivity index (χ2v) is 7.90. The number of rotatable bonds is 7. The van der Waals surface area contributed by atoms with Gasteiger partial charge in [0.05, 0.1) is 10.7 Å². The van der Waals surface area contributed by atoms with Crippen molar-refractivity contribution in [3.63, 3.8) is 0 Å². The quantitative estimate of drug-likeness (QED) is 0.735. The molecule has 1 N–H and O–H groups in total. The minimum Gasteiger partial charge on any atom is -0.481 e. The van der Waals surface area contributed by atoms with Crippen molar-refractivity contribution >= 4 is 28.8 Å². The van der Waals surface area contributed by atoms with Crippen LogP contribution < -0.4 is 10.1 Å². The molecule has 0 saturated carbocycles. The fraction of sp³-hybridized carbons (Fsp3) is 0.474. The van der Waals surface area contributed by atoms with Gasteiger partial charge in [0.15, 0.2) is 6.10 Å². The molecule has 3 rings (SSSR count). The lowest BCUT2D eigenvalue weighted by Gasteiger charge is -2.14. The lowest BCUT2D eigenvalue weighted by molar-refractivity contribution is -0.127. The number of ether oxygens (including phenoxy) is 1. The molecule has 1 amide bonds. The van der Waals surface area contributed by atoms with E-state index in [4.69, 9.17) is 21.3 Å². The van der Waals surface area contributed by atoms with Gasteiger partial charge < -0.3 is 10.1 Å². The maximum absolute atomic E-state index is 12.1. The van der Waals surface area contributed by atoms with Crippen molar-refractivity contribution in [2.75, 3.05) is 6.54 Å². The van der Waals surface area contributed by atoms with Gasteiger partial charge in [-0.3, -0.25) is 4.79 Å². The van der Waals surface area contributed by atoms with Gasteiger partial charge in [-0.15, -0.1) is 11.3 Å². The number of aromatic nitrogens is 1. The SMILES string of the molecule is CC(Oc1cccc(Cl)c1)C(=O)NCCCc1nc2c(s1)CCCC2. The molecule has 25 heavy (non-hydrogen) atoms. The van der Waals surface area contributed by atoms with Crippen LogP contribution in [-0.4, -0.2) is 23.5 Å². The van der Waals surface area contributed by atoms with Crippen molar-refractivity contribution in [3.05, 3.63) is 44.9 Å². The Morgan fingerprint density at radius 1 is 1.40 bits per heavy atom. The number of hydrogen-bond acceptors (Lipinski definition) is 4. The van der Waals surface area contributed by atoms with E-state index in [1.807, 2.05) is 11.3 Å². The van der Waals surface area contributed by atoms with E-state index < -0.39 is 6.10 Å². The Balaban J connectivity index is 1.39. The number of nitrogens with one attached hydrogen (secondary N) is 1. The molecule has 0 fully saturated rings. The average molecular weight is 379 g/mol. The molecule has 1 heterocycles. The summed E-state index contributed by atoms with van der Waals surface area (Å²) in [5, 5.41) is 4.72. The number of thiazole rings is 1. The van der Waals surface area contributed by atoms with E-state index in [1.165, 1.54) is 34.8 Å². The van der Waals surface area contributed by atoms with Crippen LogP contribution in [0.1, 0.15) is 41.8 Å². The standard InChI is InChI=1S/C19H23ClN2O2S/c1-13(24-15-7-4-6-14(20)12-15)19(23)21-11-5-10-18-22-16-8-2-3-9-17(16)25-18/h4,6-7,12-13H,2-3,5,8-11H2,1H3,(H,21,23). The predicted molar refractivity (Wildman–Crippen MR) is 102 cm³/mol. The van der Waals surface area contributed by atoms with Crippen molar-refractivity contribution in [3.8, 4) is 5.75 Å². The highest BCUT2D eigenvalue weighted by Gasteiger charge is 2.16. The molecule has 1 aromatic carbocycles. The maximum Gasteiger partial charge on any atom is 0.260 e. The van der Waals surface area contributed by atoms with Crippen LogP contribution in [0.5, 0.6) is 5.75 Å². The molecule has 1 aliphatic carbocycles. The van der Waals surface area contributed by atoms with Crippen LogP contribution in [-0.2, 0) is 24.1 Å². The van der Waals surface area contributed by atoms with Gasteiger partial charge in [-0.1, -0.05) is 17.7 Å². The molecule has 0 spiro atoms. The van der Waals surface area contributed by atoms with E-state index in [-0.39, 0.29) is 5.91 Å². The van der Waals surface area contributed by atoms with Crippen LogP contribution in [0, 0.1) is 0 Å². The van der Waals surface area contributed by atoms with Gasteiger partial charge in [-0.2, -0.15) is 0 Å². The fourth-order valence-corrected chi connectivity index (χ4v) is 4.28. The zero-order valence-electron chi connectivity index (χ0n) is 14.4. The zero-order chi connectivity index (χ0) is 17.6. The second-order valence-electron chi connectivity index (χ2n) is 6.30. The monoisotopic (exact) mass is 378 g/mol. The van der Waals surface area contributed by atoms with E-state index in [0.29, 0.717) is 17.3 Å². The molecule has 1 unspecified atom stereocenters. The van der Waals surface area contributed by atoms with Gasteiger partial charge in [0.2, 0.25) is 0 Å². The first-order chi connectivity index (χ1) is 12.1. The molecule has 1 atom stereocenters. The third-order valence-corrected chi connectivity index (χ3v) is 5.69. The Kier molecular flexibility index (Phi) is 6.32. The van der Waals surface area contributed by atoms with E-state index >= 15 is 0 Å². The summed E-state index contributed by atoms with van der Waals surface area (Å²) in [6.07, 6.45) is 6.11. The molecule has 2 aromatic rings. The summed E-state index contributed by atoms with van der Waals surface area (Å²) in [6, 6.07) is 7.07. The Bertz CT molecular complexity index is 708. The van der Waals surface area contributed by atoms with Crippen LogP contribution in [0.25, 0.3) is 0 Å². The van der Waals surface area contributed by atoms with Gasteiger partial charge in [-0.25, -0.2) is 4.98 Å². The third kappa shape index (κ3) is 5.19. The number of carbonyl (C=O) groups excluding carboxylic acids is 1. The first kappa shape index (κ1) is 18.2. The summed E-state index contributed by atoms with van der Waals surface area (Å²) in [7, 11) is 0. The molecule has 0 saturated heterocycles. The average Bonchev–Trinajstić information content (AvgIpc) is 3.01. The minimum absolute atomic E-state index is 0.113. The van der Waals surface area contributed by atoms with Crippen LogP contribution in [0.3, 0.4) is 0 Å². The summed E-state index contributed by atoms with van der Waals surface area (Å²) in [6.45, 7) is 2.37. The van der Waals surface area contributed by atoms with Crippen LogP contribution in [0.2, 0.25) is 5.02 Å². The van der Waals surface area contributed by atoms with Crippen LogP contribution >= 0.6 is 22.9 Å². The normalized spacial score (nSPS) is 14.6. The van der Waals surface area contributed by atoms with E-state index in [1.54, 1.807) is 31.2 Å². The van der Waals surface area contributed by atoms with Crippen LogP contribution in [0.15, 0.2) is 24.3 Å². The van der Waals surface area contributed by atoms with Crippen molar-refractivity contribution < 1.29 is 9.53 Å². The van der Waals surface area contributed by atoms with Gasteiger partial charge in [0.25, 0.3) is 5.91 Å². The van der Waals surface area contributed by atoms with Crippen molar-refractivity contribution in [1.29, 1.82) is 0 Å². The number of amides is 1. The minimum atomic E-state index is -0.550. The lowest BCUT2D eigenvalue weighted by atomic mass is 10.0. The summed E-state index contributed by atoms with van der Waals surface area (Å²) >= 11 is 7.76. The van der Waals surface area contributed by atoms with Gasteiger partial charge in [-0.05, 0) is 57.2 Å². The van der Waals surface area contributed by atoms with Crippen LogP contribution in [0.4, 0.5) is 0 Å². The highest BCUT2D eigenvalue weighted by Crippen LogP contribution is 2.27. The summed E-state index contributed by atoms with van der Waals surface area (Å²) in [4.78, 5) is 18.3. The number of halogens is 1. The predicted octanol–water partition coefficient (Wildman–Crippen LogP) is 4.19.